The second-order valence-corrected chi connectivity index (χ2v) is 7.19. The largest absolute Gasteiger partial charge is 0.497 e. The number of benzene rings is 2. The number of ether oxygens (including phenoxy) is 3. The first-order valence-electron chi connectivity index (χ1n) is 10.1. The number of morpholine rings is 1. The van der Waals surface area contributed by atoms with Gasteiger partial charge in [-0.25, -0.2) is 9.69 Å². The minimum Gasteiger partial charge on any atom is -0.497 e. The maximum atomic E-state index is 13.2. The molecule has 1 N–H and O–H groups in total. The predicted octanol–water partition coefficient (Wildman–Crippen LogP) is 2.21. The van der Waals surface area contributed by atoms with Crippen LogP contribution in [0.1, 0.15) is 5.56 Å². The first-order chi connectivity index (χ1) is 15.5. The number of hydrogen-bond acceptors (Lipinski definition) is 7. The van der Waals surface area contributed by atoms with Crippen LogP contribution in [0.15, 0.2) is 48.0 Å². The van der Waals surface area contributed by atoms with Gasteiger partial charge in [0.05, 0.1) is 33.1 Å². The van der Waals surface area contributed by atoms with E-state index in [1.54, 1.807) is 12.1 Å². The van der Waals surface area contributed by atoms with Gasteiger partial charge in [0, 0.05) is 24.8 Å². The molecule has 2 heterocycles. The molecule has 0 unspecified atom stereocenters. The Labute approximate surface area is 185 Å². The second kappa shape index (κ2) is 9.11. The second-order valence-electron chi connectivity index (χ2n) is 7.19. The molecule has 2 aliphatic heterocycles. The topological polar surface area (TPSA) is 97.4 Å². The van der Waals surface area contributed by atoms with Crippen molar-refractivity contribution in [2.24, 2.45) is 0 Å². The van der Waals surface area contributed by atoms with Crippen molar-refractivity contribution < 1.29 is 28.6 Å². The lowest BCUT2D eigenvalue weighted by Gasteiger charge is -2.29. The summed E-state index contributed by atoms with van der Waals surface area (Å²) in [6.45, 7) is 2.97. The number of hydrogen-bond donors (Lipinski definition) is 1. The van der Waals surface area contributed by atoms with E-state index in [1.165, 1.54) is 26.4 Å². The van der Waals surface area contributed by atoms with Crippen LogP contribution in [0.4, 0.5) is 16.2 Å². The number of carbonyl (C=O) groups is 3. The minimum absolute atomic E-state index is 0.151. The number of barbiturate groups is 1. The first-order valence-corrected chi connectivity index (χ1v) is 10.1. The van der Waals surface area contributed by atoms with Crippen LogP contribution in [0.2, 0.25) is 0 Å². The summed E-state index contributed by atoms with van der Waals surface area (Å²) < 4.78 is 15.9. The molecule has 2 aromatic carbocycles. The Morgan fingerprint density at radius 2 is 1.69 bits per heavy atom. The molecule has 2 aromatic rings. The zero-order valence-corrected chi connectivity index (χ0v) is 17.8. The van der Waals surface area contributed by atoms with E-state index < -0.39 is 17.8 Å². The molecule has 9 heteroatoms. The molecule has 0 aromatic heterocycles. The van der Waals surface area contributed by atoms with Crippen molar-refractivity contribution in [2.45, 2.75) is 0 Å². The van der Waals surface area contributed by atoms with Gasteiger partial charge in [-0.3, -0.25) is 14.9 Å². The standard InChI is InChI=1S/C23H23N3O6/c1-30-17-7-8-19(20(14-17)31-2)26-22(28)18(21(27)24-23(26)29)13-15-3-5-16(6-4-15)25-9-11-32-12-10-25/h3-8,13-14H,9-12H2,1-2H3,(H,24,27,29)/b18-13+. The Kier molecular flexibility index (Phi) is 6.09. The van der Waals surface area contributed by atoms with Crippen LogP contribution >= 0.6 is 0 Å². The lowest BCUT2D eigenvalue weighted by molar-refractivity contribution is -0.122. The molecular formula is C23H23N3O6. The van der Waals surface area contributed by atoms with Gasteiger partial charge in [0.25, 0.3) is 11.8 Å². The van der Waals surface area contributed by atoms with Gasteiger partial charge < -0.3 is 19.1 Å². The van der Waals surface area contributed by atoms with Crippen LogP contribution in [-0.2, 0) is 14.3 Å². The Balaban J connectivity index is 1.63. The maximum Gasteiger partial charge on any atom is 0.336 e. The van der Waals surface area contributed by atoms with Crippen molar-refractivity contribution in [3.8, 4) is 11.5 Å². The third-order valence-corrected chi connectivity index (χ3v) is 5.31. The molecule has 9 nitrogen and oxygen atoms in total. The van der Waals surface area contributed by atoms with Gasteiger partial charge in [-0.2, -0.15) is 0 Å². The average Bonchev–Trinajstić information content (AvgIpc) is 2.82. The third-order valence-electron chi connectivity index (χ3n) is 5.31. The Hall–Kier alpha value is -3.85. The lowest BCUT2D eigenvalue weighted by atomic mass is 10.1. The zero-order chi connectivity index (χ0) is 22.7. The van der Waals surface area contributed by atoms with Crippen LogP contribution in [0.25, 0.3) is 6.08 Å². The fourth-order valence-corrected chi connectivity index (χ4v) is 3.62. The highest BCUT2D eigenvalue weighted by molar-refractivity contribution is 6.39. The molecule has 0 spiro atoms. The van der Waals surface area contributed by atoms with Gasteiger partial charge in [0.2, 0.25) is 0 Å². The molecule has 4 rings (SSSR count). The number of imide groups is 2. The summed E-state index contributed by atoms with van der Waals surface area (Å²) in [6, 6.07) is 11.3. The number of nitrogens with one attached hydrogen (secondary N) is 1. The van der Waals surface area contributed by atoms with Gasteiger partial charge in [0.1, 0.15) is 17.1 Å². The number of urea groups is 1. The fourth-order valence-electron chi connectivity index (χ4n) is 3.62. The van der Waals surface area contributed by atoms with E-state index in [-0.39, 0.29) is 17.0 Å². The van der Waals surface area contributed by atoms with Crippen LogP contribution in [0.5, 0.6) is 11.5 Å². The summed E-state index contributed by atoms with van der Waals surface area (Å²) in [5.74, 6) is -0.723. The number of amides is 4. The fraction of sp³-hybridized carbons (Fsp3) is 0.261. The summed E-state index contributed by atoms with van der Waals surface area (Å²) in [4.78, 5) is 41.2. The van der Waals surface area contributed by atoms with Crippen molar-refractivity contribution in [1.82, 2.24) is 5.32 Å². The molecular weight excluding hydrogens is 414 g/mol. The van der Waals surface area contributed by atoms with Gasteiger partial charge in [-0.1, -0.05) is 12.1 Å². The SMILES string of the molecule is COc1ccc(N2C(=O)NC(=O)/C(=C\c3ccc(N4CCOCC4)cc3)C2=O)c(OC)c1. The van der Waals surface area contributed by atoms with Crippen molar-refractivity contribution in [3.63, 3.8) is 0 Å². The van der Waals surface area contributed by atoms with E-state index in [4.69, 9.17) is 14.2 Å². The highest BCUT2D eigenvalue weighted by Crippen LogP contribution is 2.34. The smallest absolute Gasteiger partial charge is 0.336 e. The van der Waals surface area contributed by atoms with E-state index >= 15 is 0 Å². The summed E-state index contributed by atoms with van der Waals surface area (Å²) in [6.07, 6.45) is 1.47. The van der Waals surface area contributed by atoms with Crippen molar-refractivity contribution >= 4 is 35.3 Å². The molecule has 2 fully saturated rings. The summed E-state index contributed by atoms with van der Waals surface area (Å²) in [5, 5.41) is 2.22. The molecule has 0 aliphatic carbocycles. The van der Waals surface area contributed by atoms with Crippen molar-refractivity contribution in [3.05, 3.63) is 53.6 Å². The Bertz CT molecular complexity index is 1070. The monoisotopic (exact) mass is 437 g/mol. The van der Waals surface area contributed by atoms with E-state index in [0.29, 0.717) is 24.5 Å². The van der Waals surface area contributed by atoms with Gasteiger partial charge in [0.15, 0.2) is 0 Å². The van der Waals surface area contributed by atoms with Crippen LogP contribution in [-0.4, -0.2) is 58.4 Å². The molecule has 32 heavy (non-hydrogen) atoms. The van der Waals surface area contributed by atoms with Crippen LogP contribution in [0.3, 0.4) is 0 Å². The van der Waals surface area contributed by atoms with E-state index in [1.807, 2.05) is 24.3 Å². The normalized spacial score (nSPS) is 18.1. The molecule has 166 valence electrons. The number of carbonyl (C=O) groups excluding carboxylic acids is 3. The quantitative estimate of drug-likeness (QED) is 0.566. The van der Waals surface area contributed by atoms with Crippen LogP contribution < -0.4 is 24.6 Å². The predicted molar refractivity (Wildman–Crippen MR) is 118 cm³/mol. The summed E-state index contributed by atoms with van der Waals surface area (Å²) in [5.41, 5.74) is 1.75. The van der Waals surface area contributed by atoms with Gasteiger partial charge >= 0.3 is 6.03 Å². The van der Waals surface area contributed by atoms with Crippen molar-refractivity contribution in [1.29, 1.82) is 0 Å². The molecule has 2 saturated heterocycles. The van der Waals surface area contributed by atoms with Gasteiger partial charge in [-0.05, 0) is 35.9 Å². The molecule has 0 atom stereocenters. The lowest BCUT2D eigenvalue weighted by Crippen LogP contribution is -2.54. The maximum absolute atomic E-state index is 13.2. The average molecular weight is 437 g/mol. The third kappa shape index (κ3) is 4.15. The van der Waals surface area contributed by atoms with Gasteiger partial charge in [-0.15, -0.1) is 0 Å². The van der Waals surface area contributed by atoms with Crippen LogP contribution in [0, 0.1) is 0 Å². The number of rotatable bonds is 5. The molecule has 0 radical (unpaired) electrons. The molecule has 0 saturated carbocycles. The summed E-state index contributed by atoms with van der Waals surface area (Å²) in [7, 11) is 2.92. The Morgan fingerprint density at radius 3 is 2.34 bits per heavy atom. The highest BCUT2D eigenvalue weighted by atomic mass is 16.5. The molecule has 4 amide bonds. The van der Waals surface area contributed by atoms with E-state index in [9.17, 15) is 14.4 Å². The number of nitrogens with zero attached hydrogens (tertiary/aromatic N) is 2. The van der Waals surface area contributed by atoms with E-state index in [2.05, 4.69) is 10.2 Å². The highest BCUT2D eigenvalue weighted by Gasteiger charge is 2.38. The number of methoxy groups -OCH3 is 2. The Morgan fingerprint density at radius 1 is 0.969 bits per heavy atom. The van der Waals surface area contributed by atoms with E-state index in [0.717, 1.165) is 23.7 Å². The molecule has 2 aliphatic rings. The molecule has 0 bridgehead atoms. The number of anilines is 2. The first kappa shape index (κ1) is 21.4. The minimum atomic E-state index is -0.844. The van der Waals surface area contributed by atoms with Crippen molar-refractivity contribution in [2.75, 3.05) is 50.3 Å². The zero-order valence-electron chi connectivity index (χ0n) is 17.8. The summed E-state index contributed by atoms with van der Waals surface area (Å²) >= 11 is 0.